The van der Waals surface area contributed by atoms with Gasteiger partial charge in [0, 0.05) is 13.2 Å². The first kappa shape index (κ1) is 13.7. The van der Waals surface area contributed by atoms with Gasteiger partial charge in [0.15, 0.2) is 0 Å². The molecule has 0 saturated heterocycles. The summed E-state index contributed by atoms with van der Waals surface area (Å²) in [6.45, 7) is 1.94. The van der Waals surface area contributed by atoms with Crippen molar-refractivity contribution >= 4 is 23.1 Å². The zero-order valence-corrected chi connectivity index (χ0v) is 11.0. The molecule has 106 valence electrons. The van der Waals surface area contributed by atoms with Crippen molar-refractivity contribution in [1.82, 2.24) is 19.7 Å². The van der Waals surface area contributed by atoms with Crippen LogP contribution in [0.25, 0.3) is 0 Å². The zero-order chi connectivity index (χ0) is 14.7. The normalized spacial score (nSPS) is 10.3. The van der Waals surface area contributed by atoms with E-state index in [1.165, 1.54) is 0 Å². The van der Waals surface area contributed by atoms with Crippen LogP contribution in [0, 0.1) is 10.1 Å². The lowest BCUT2D eigenvalue weighted by Crippen LogP contribution is -2.12. The van der Waals surface area contributed by atoms with Crippen LogP contribution in [0.5, 0.6) is 0 Å². The Balaban J connectivity index is 2.42. The molecule has 10 nitrogen and oxygen atoms in total. The van der Waals surface area contributed by atoms with Gasteiger partial charge >= 0.3 is 5.69 Å². The molecule has 0 atom stereocenters. The molecular weight excluding hydrogens is 264 g/mol. The van der Waals surface area contributed by atoms with Crippen molar-refractivity contribution in [1.29, 1.82) is 0 Å². The summed E-state index contributed by atoms with van der Waals surface area (Å²) >= 11 is 0. The third kappa shape index (κ3) is 2.64. The molecule has 0 aliphatic rings. The number of nitrogens with two attached hydrogens (primary N) is 1. The number of hydrazine groups is 1. The lowest BCUT2D eigenvalue weighted by Gasteiger charge is -2.06. The fourth-order valence-electron chi connectivity index (χ4n) is 1.70. The van der Waals surface area contributed by atoms with Crippen molar-refractivity contribution in [3.63, 3.8) is 0 Å². The lowest BCUT2D eigenvalue weighted by molar-refractivity contribution is -0.384. The summed E-state index contributed by atoms with van der Waals surface area (Å²) in [5.74, 6) is 5.35. The zero-order valence-electron chi connectivity index (χ0n) is 11.0. The molecule has 20 heavy (non-hydrogen) atoms. The molecule has 10 heteroatoms. The van der Waals surface area contributed by atoms with Gasteiger partial charge in [-0.2, -0.15) is 10.1 Å². The number of aromatic nitrogens is 4. The summed E-state index contributed by atoms with van der Waals surface area (Å²) in [5, 5.41) is 18.1. The maximum atomic E-state index is 11.0. The van der Waals surface area contributed by atoms with E-state index < -0.39 is 4.92 Å². The molecule has 0 radical (unpaired) electrons. The first-order valence-electron chi connectivity index (χ1n) is 5.82. The van der Waals surface area contributed by atoms with E-state index >= 15 is 0 Å². The Bertz CT molecular complexity index is 638. The van der Waals surface area contributed by atoms with Gasteiger partial charge < -0.3 is 5.32 Å². The van der Waals surface area contributed by atoms with E-state index in [0.29, 0.717) is 12.1 Å². The summed E-state index contributed by atoms with van der Waals surface area (Å²) in [5.41, 5.74) is 3.44. The number of nitro groups is 1. The van der Waals surface area contributed by atoms with Crippen LogP contribution in [0.2, 0.25) is 0 Å². The number of aryl methyl sites for hydroxylation is 2. The van der Waals surface area contributed by atoms with Crippen LogP contribution in [0.15, 0.2) is 12.4 Å². The number of hydrogen-bond acceptors (Lipinski definition) is 8. The second-order valence-electron chi connectivity index (χ2n) is 3.97. The molecular formula is C10H14N8O2. The van der Waals surface area contributed by atoms with Crippen molar-refractivity contribution in [2.24, 2.45) is 12.9 Å². The van der Waals surface area contributed by atoms with E-state index in [4.69, 9.17) is 5.84 Å². The molecule has 4 N–H and O–H groups in total. The quantitative estimate of drug-likeness (QED) is 0.413. The molecule has 2 aromatic rings. The third-order valence-electron chi connectivity index (χ3n) is 2.59. The minimum atomic E-state index is -0.565. The largest absolute Gasteiger partial charge is 0.331 e. The fourth-order valence-corrected chi connectivity index (χ4v) is 1.70. The molecule has 0 unspecified atom stereocenters. The maximum Gasteiger partial charge on any atom is 0.329 e. The minimum Gasteiger partial charge on any atom is -0.331 e. The Morgan fingerprint density at radius 1 is 1.55 bits per heavy atom. The van der Waals surface area contributed by atoms with Crippen LogP contribution in [-0.4, -0.2) is 24.7 Å². The molecule has 0 fully saturated rings. The van der Waals surface area contributed by atoms with E-state index in [-0.39, 0.29) is 17.5 Å². The van der Waals surface area contributed by atoms with E-state index in [1.54, 1.807) is 17.9 Å². The average molecular weight is 278 g/mol. The van der Waals surface area contributed by atoms with Gasteiger partial charge in [0.25, 0.3) is 0 Å². The van der Waals surface area contributed by atoms with Gasteiger partial charge in [-0.3, -0.25) is 20.2 Å². The Morgan fingerprint density at radius 3 is 2.90 bits per heavy atom. The van der Waals surface area contributed by atoms with Gasteiger partial charge in [-0.15, -0.1) is 0 Å². The van der Waals surface area contributed by atoms with Crippen molar-refractivity contribution in [2.45, 2.75) is 13.3 Å². The molecule has 2 aromatic heterocycles. The van der Waals surface area contributed by atoms with Crippen LogP contribution in [0.1, 0.15) is 12.6 Å². The number of nitrogen functional groups attached to an aromatic ring is 1. The van der Waals surface area contributed by atoms with E-state index in [9.17, 15) is 10.1 Å². The number of nitrogens with one attached hydrogen (secondary N) is 2. The van der Waals surface area contributed by atoms with Gasteiger partial charge in [0.1, 0.15) is 6.20 Å². The van der Waals surface area contributed by atoms with Gasteiger partial charge in [-0.05, 0) is 6.42 Å². The van der Waals surface area contributed by atoms with Crippen LogP contribution >= 0.6 is 0 Å². The molecule has 0 aliphatic heterocycles. The van der Waals surface area contributed by atoms with Gasteiger partial charge in [0.2, 0.25) is 11.8 Å². The molecule has 0 bridgehead atoms. The maximum absolute atomic E-state index is 11.0. The Morgan fingerprint density at radius 2 is 2.30 bits per heavy atom. The Kier molecular flexibility index (Phi) is 3.75. The van der Waals surface area contributed by atoms with Crippen LogP contribution in [0.3, 0.4) is 0 Å². The molecule has 0 spiro atoms. The molecule has 2 rings (SSSR count). The highest BCUT2D eigenvalue weighted by molar-refractivity contribution is 5.67. The Hall–Kier alpha value is -2.75. The molecule has 0 saturated carbocycles. The molecule has 0 amide bonds. The van der Waals surface area contributed by atoms with Crippen molar-refractivity contribution in [2.75, 3.05) is 10.7 Å². The second-order valence-corrected chi connectivity index (χ2v) is 3.97. The van der Waals surface area contributed by atoms with Crippen molar-refractivity contribution < 1.29 is 4.92 Å². The highest BCUT2D eigenvalue weighted by Crippen LogP contribution is 2.27. The lowest BCUT2D eigenvalue weighted by atomic mass is 10.3. The first-order chi connectivity index (χ1) is 9.55. The number of nitrogens with zero attached hydrogens (tertiary/aromatic N) is 5. The number of rotatable bonds is 5. The number of hydrogen-bond donors (Lipinski definition) is 3. The molecule has 0 aliphatic carbocycles. The summed E-state index contributed by atoms with van der Waals surface area (Å²) in [6, 6.07) is 0. The topological polar surface area (TPSA) is 137 Å². The summed E-state index contributed by atoms with van der Waals surface area (Å²) < 4.78 is 1.62. The molecule has 0 aromatic carbocycles. The average Bonchev–Trinajstić information content (AvgIpc) is 2.78. The summed E-state index contributed by atoms with van der Waals surface area (Å²) in [6.07, 6.45) is 3.50. The van der Waals surface area contributed by atoms with Crippen molar-refractivity contribution in [3.8, 4) is 0 Å². The highest BCUT2D eigenvalue weighted by atomic mass is 16.6. The monoisotopic (exact) mass is 278 g/mol. The van der Waals surface area contributed by atoms with Gasteiger partial charge in [0.05, 0.1) is 16.3 Å². The predicted molar refractivity (Wildman–Crippen MR) is 72.4 cm³/mol. The minimum absolute atomic E-state index is 0.0562. The summed E-state index contributed by atoms with van der Waals surface area (Å²) in [4.78, 5) is 18.1. The molecule has 2 heterocycles. The summed E-state index contributed by atoms with van der Waals surface area (Å²) in [7, 11) is 1.77. The SMILES string of the molecule is CCc1nn(C)cc1Nc1nc(NN)ncc1[N+](=O)[O-]. The van der Waals surface area contributed by atoms with Crippen LogP contribution in [-0.2, 0) is 13.5 Å². The van der Waals surface area contributed by atoms with E-state index in [0.717, 1.165) is 11.9 Å². The second kappa shape index (κ2) is 5.48. The predicted octanol–water partition coefficient (Wildman–Crippen LogP) is 0.710. The standard InChI is InChI=1S/C10H14N8O2/c1-3-6-7(5-17(2)16-6)13-9-8(18(19)20)4-12-10(14-9)15-11/h4-5H,3,11H2,1-2H3,(H2,12,13,14,15). The van der Waals surface area contributed by atoms with E-state index in [2.05, 4.69) is 25.8 Å². The van der Waals surface area contributed by atoms with E-state index in [1.807, 2.05) is 6.92 Å². The Labute approximate surface area is 114 Å². The van der Waals surface area contributed by atoms with Gasteiger partial charge in [-0.1, -0.05) is 6.92 Å². The highest BCUT2D eigenvalue weighted by Gasteiger charge is 2.19. The van der Waals surface area contributed by atoms with Gasteiger partial charge in [-0.25, -0.2) is 10.8 Å². The third-order valence-corrected chi connectivity index (χ3v) is 2.59. The van der Waals surface area contributed by atoms with Crippen LogP contribution in [0.4, 0.5) is 23.1 Å². The van der Waals surface area contributed by atoms with Crippen molar-refractivity contribution in [3.05, 3.63) is 28.2 Å². The van der Waals surface area contributed by atoms with Crippen LogP contribution < -0.4 is 16.6 Å². The fraction of sp³-hybridized carbons (Fsp3) is 0.300. The first-order valence-corrected chi connectivity index (χ1v) is 5.82. The smallest absolute Gasteiger partial charge is 0.329 e. The number of anilines is 3.